The van der Waals surface area contributed by atoms with Crippen LogP contribution < -0.4 is 5.32 Å². The van der Waals surface area contributed by atoms with Crippen molar-refractivity contribution in [1.29, 1.82) is 0 Å². The number of benzene rings is 2. The first-order valence-electron chi connectivity index (χ1n) is 6.00. The summed E-state index contributed by atoms with van der Waals surface area (Å²) < 4.78 is 1.08. The summed E-state index contributed by atoms with van der Waals surface area (Å²) in [5, 5.41) is 4.01. The van der Waals surface area contributed by atoms with Crippen LogP contribution in [0.3, 0.4) is 0 Å². The summed E-state index contributed by atoms with van der Waals surface area (Å²) in [5.74, 6) is 0. The molecule has 0 fully saturated rings. The molecule has 0 aromatic heterocycles. The van der Waals surface area contributed by atoms with Gasteiger partial charge in [0.15, 0.2) is 0 Å². The summed E-state index contributed by atoms with van der Waals surface area (Å²) in [6, 6.07) is 14.7. The van der Waals surface area contributed by atoms with E-state index < -0.39 is 0 Å². The fourth-order valence-electron chi connectivity index (χ4n) is 1.69. The average molecular weight is 357 g/mol. The molecule has 0 spiro atoms. The first-order valence-corrected chi connectivity index (χ1v) is 7.99. The highest BCUT2D eigenvalue weighted by Gasteiger charge is 2.08. The summed E-state index contributed by atoms with van der Waals surface area (Å²) >= 11 is 11.5. The van der Waals surface area contributed by atoms with Crippen LogP contribution >= 0.6 is 39.3 Å². The zero-order chi connectivity index (χ0) is 13.8. The molecule has 2 aromatic rings. The Morgan fingerprint density at radius 1 is 1.21 bits per heavy atom. The molecule has 1 nitrogen and oxygen atoms in total. The molecule has 2 rings (SSSR count). The van der Waals surface area contributed by atoms with Crippen molar-refractivity contribution >= 4 is 39.3 Å². The largest absolute Gasteiger partial charge is 0.313 e. The number of nitrogens with one attached hydrogen (secondary N) is 1. The van der Waals surface area contributed by atoms with Crippen LogP contribution in [0.4, 0.5) is 0 Å². The first-order chi connectivity index (χ1) is 9.10. The maximum absolute atomic E-state index is 6.36. The number of hydrogen-bond donors (Lipinski definition) is 1. The zero-order valence-electron chi connectivity index (χ0n) is 10.8. The second-order valence-corrected chi connectivity index (χ2v) is 6.70. The van der Waals surface area contributed by atoms with Gasteiger partial charge in [-0.05, 0) is 49.9 Å². The molecule has 0 aliphatic heterocycles. The Kier molecular flexibility index (Phi) is 5.34. The molecule has 4 heteroatoms. The van der Waals surface area contributed by atoms with E-state index in [0.717, 1.165) is 14.4 Å². The molecule has 1 unspecified atom stereocenters. The summed E-state index contributed by atoms with van der Waals surface area (Å²) in [7, 11) is 1.95. The van der Waals surface area contributed by atoms with Crippen molar-refractivity contribution in [2.45, 2.75) is 22.8 Å². The predicted molar refractivity (Wildman–Crippen MR) is 87.2 cm³/mol. The van der Waals surface area contributed by atoms with Crippen molar-refractivity contribution in [3.63, 3.8) is 0 Å². The van der Waals surface area contributed by atoms with Crippen LogP contribution in [0.2, 0.25) is 5.02 Å². The molecule has 0 radical (unpaired) electrons. The third-order valence-electron chi connectivity index (χ3n) is 2.91. The van der Waals surface area contributed by atoms with Crippen LogP contribution in [0.1, 0.15) is 18.5 Å². The molecule has 2 aromatic carbocycles. The molecule has 0 heterocycles. The lowest BCUT2D eigenvalue weighted by Crippen LogP contribution is -2.12. The third kappa shape index (κ3) is 3.99. The lowest BCUT2D eigenvalue weighted by Gasteiger charge is -2.12. The quantitative estimate of drug-likeness (QED) is 0.772. The Hall–Kier alpha value is -0.480. The highest BCUT2D eigenvalue weighted by atomic mass is 79.9. The van der Waals surface area contributed by atoms with Gasteiger partial charge >= 0.3 is 0 Å². The van der Waals surface area contributed by atoms with E-state index in [2.05, 4.69) is 52.4 Å². The van der Waals surface area contributed by atoms with E-state index in [1.807, 2.05) is 25.2 Å². The monoisotopic (exact) mass is 355 g/mol. The van der Waals surface area contributed by atoms with Crippen LogP contribution in [0.15, 0.2) is 56.7 Å². The molecule has 1 atom stereocenters. The van der Waals surface area contributed by atoms with Gasteiger partial charge in [0.2, 0.25) is 0 Å². The van der Waals surface area contributed by atoms with Gasteiger partial charge < -0.3 is 5.32 Å². The lowest BCUT2D eigenvalue weighted by molar-refractivity contribution is 0.652. The molecule has 0 saturated heterocycles. The van der Waals surface area contributed by atoms with Crippen molar-refractivity contribution in [3.05, 3.63) is 57.5 Å². The van der Waals surface area contributed by atoms with Crippen LogP contribution in [0, 0.1) is 0 Å². The maximum Gasteiger partial charge on any atom is 0.0548 e. The molecule has 0 amide bonds. The first kappa shape index (κ1) is 14.9. The van der Waals surface area contributed by atoms with Crippen LogP contribution in [0.5, 0.6) is 0 Å². The topological polar surface area (TPSA) is 12.0 Å². The molecule has 0 aliphatic rings. The minimum absolute atomic E-state index is 0.308. The van der Waals surface area contributed by atoms with Crippen molar-refractivity contribution < 1.29 is 0 Å². The molecule has 0 aliphatic carbocycles. The molecule has 100 valence electrons. The number of halogens is 2. The average Bonchev–Trinajstić information content (AvgIpc) is 2.40. The molecular weight excluding hydrogens is 342 g/mol. The van der Waals surface area contributed by atoms with Crippen molar-refractivity contribution in [1.82, 2.24) is 5.32 Å². The second kappa shape index (κ2) is 6.80. The normalized spacial score (nSPS) is 12.4. The molecule has 19 heavy (non-hydrogen) atoms. The van der Waals surface area contributed by atoms with Gasteiger partial charge in [-0.1, -0.05) is 51.4 Å². The molecule has 1 N–H and O–H groups in total. The van der Waals surface area contributed by atoms with Gasteiger partial charge in [0.1, 0.15) is 0 Å². The smallest absolute Gasteiger partial charge is 0.0548 e. The van der Waals surface area contributed by atoms with E-state index in [4.69, 9.17) is 11.6 Å². The van der Waals surface area contributed by atoms with E-state index in [1.54, 1.807) is 11.8 Å². The predicted octanol–water partition coefficient (Wildman–Crippen LogP) is 5.53. The van der Waals surface area contributed by atoms with E-state index >= 15 is 0 Å². The molecule has 0 bridgehead atoms. The summed E-state index contributed by atoms with van der Waals surface area (Å²) in [4.78, 5) is 2.25. The Labute approximate surface area is 131 Å². The summed E-state index contributed by atoms with van der Waals surface area (Å²) in [6.45, 7) is 2.12. The van der Waals surface area contributed by atoms with E-state index in [0.29, 0.717) is 6.04 Å². The Balaban J connectivity index is 2.22. The maximum atomic E-state index is 6.36. The Morgan fingerprint density at radius 3 is 2.63 bits per heavy atom. The standard InChI is InChI=1S/C15H15BrClNS/c1-10(18-2)11-6-7-15(14(17)8-11)19-13-5-3-4-12(16)9-13/h3-10,18H,1-2H3. The van der Waals surface area contributed by atoms with Gasteiger partial charge in [0.25, 0.3) is 0 Å². The fraction of sp³-hybridized carbons (Fsp3) is 0.200. The lowest BCUT2D eigenvalue weighted by atomic mass is 10.1. The highest BCUT2D eigenvalue weighted by molar-refractivity contribution is 9.10. The SMILES string of the molecule is CNC(C)c1ccc(Sc2cccc(Br)c2)c(Cl)c1. The van der Waals surface area contributed by atoms with Crippen LogP contribution in [0.25, 0.3) is 0 Å². The Bertz CT molecular complexity index is 574. The summed E-state index contributed by atoms with van der Waals surface area (Å²) in [5.41, 5.74) is 1.20. The van der Waals surface area contributed by atoms with E-state index in [1.165, 1.54) is 10.5 Å². The zero-order valence-corrected chi connectivity index (χ0v) is 13.9. The Morgan fingerprint density at radius 2 is 2.00 bits per heavy atom. The third-order valence-corrected chi connectivity index (χ3v) is 4.90. The van der Waals surface area contributed by atoms with E-state index in [9.17, 15) is 0 Å². The highest BCUT2D eigenvalue weighted by Crippen LogP contribution is 2.35. The van der Waals surface area contributed by atoms with Gasteiger partial charge in [-0.15, -0.1) is 0 Å². The van der Waals surface area contributed by atoms with Crippen molar-refractivity contribution in [2.24, 2.45) is 0 Å². The van der Waals surface area contributed by atoms with Gasteiger partial charge in [0.05, 0.1) is 5.02 Å². The van der Waals surface area contributed by atoms with Crippen molar-refractivity contribution in [2.75, 3.05) is 7.05 Å². The van der Waals surface area contributed by atoms with Gasteiger partial charge in [-0.25, -0.2) is 0 Å². The van der Waals surface area contributed by atoms with Crippen LogP contribution in [-0.4, -0.2) is 7.05 Å². The van der Waals surface area contributed by atoms with Gasteiger partial charge in [-0.3, -0.25) is 0 Å². The molecule has 0 saturated carbocycles. The van der Waals surface area contributed by atoms with Crippen molar-refractivity contribution in [3.8, 4) is 0 Å². The minimum atomic E-state index is 0.308. The van der Waals surface area contributed by atoms with E-state index in [-0.39, 0.29) is 0 Å². The molecular formula is C15H15BrClNS. The number of hydrogen-bond acceptors (Lipinski definition) is 2. The van der Waals surface area contributed by atoms with Gasteiger partial charge in [0, 0.05) is 20.3 Å². The van der Waals surface area contributed by atoms with Gasteiger partial charge in [-0.2, -0.15) is 0 Å². The van der Waals surface area contributed by atoms with Crippen LogP contribution in [-0.2, 0) is 0 Å². The number of rotatable bonds is 4. The second-order valence-electron chi connectivity index (χ2n) is 4.26. The summed E-state index contributed by atoms with van der Waals surface area (Å²) in [6.07, 6.45) is 0. The minimum Gasteiger partial charge on any atom is -0.313 e. The fourth-order valence-corrected chi connectivity index (χ4v) is 3.43.